The molecule has 2 unspecified atom stereocenters. The van der Waals surface area contributed by atoms with Gasteiger partial charge in [0.25, 0.3) is 5.91 Å². The van der Waals surface area contributed by atoms with Crippen molar-refractivity contribution in [2.24, 2.45) is 11.7 Å². The number of hydrogen-bond acceptors (Lipinski definition) is 3. The Labute approximate surface area is 112 Å². The number of likely N-dealkylation sites (tertiary alicyclic amines) is 1. The Morgan fingerprint density at radius 3 is 2.89 bits per heavy atom. The predicted molar refractivity (Wildman–Crippen MR) is 70.6 cm³/mol. The van der Waals surface area contributed by atoms with E-state index in [1.54, 1.807) is 4.90 Å². The molecule has 0 spiro atoms. The summed E-state index contributed by atoms with van der Waals surface area (Å²) >= 11 is 0. The lowest BCUT2D eigenvalue weighted by atomic mass is 10.1. The smallest absolute Gasteiger partial charge is 0.254 e. The molecule has 0 radical (unpaired) electrons. The molecule has 5 heteroatoms. The van der Waals surface area contributed by atoms with E-state index in [9.17, 15) is 9.18 Å². The van der Waals surface area contributed by atoms with Gasteiger partial charge in [0.1, 0.15) is 0 Å². The second kappa shape index (κ2) is 5.57. The average molecular weight is 266 g/mol. The maximum Gasteiger partial charge on any atom is 0.254 e. The van der Waals surface area contributed by atoms with Crippen LogP contribution in [0.1, 0.15) is 23.7 Å². The van der Waals surface area contributed by atoms with E-state index in [1.165, 1.54) is 25.3 Å². The number of ether oxygens (including phenoxy) is 1. The minimum Gasteiger partial charge on any atom is -0.494 e. The highest BCUT2D eigenvalue weighted by Crippen LogP contribution is 2.26. The predicted octanol–water partition coefficient (Wildman–Crippen LogP) is 1.64. The molecular formula is C14H19FN2O2. The number of carbonyl (C=O) groups is 1. The zero-order chi connectivity index (χ0) is 14.0. The highest BCUT2D eigenvalue weighted by atomic mass is 19.1. The quantitative estimate of drug-likeness (QED) is 0.905. The largest absolute Gasteiger partial charge is 0.494 e. The van der Waals surface area contributed by atoms with Crippen LogP contribution in [0.25, 0.3) is 0 Å². The molecule has 1 aliphatic heterocycles. The third kappa shape index (κ3) is 2.71. The van der Waals surface area contributed by atoms with Crippen molar-refractivity contribution in [3.63, 3.8) is 0 Å². The zero-order valence-electron chi connectivity index (χ0n) is 11.2. The summed E-state index contributed by atoms with van der Waals surface area (Å²) in [5.41, 5.74) is 6.10. The summed E-state index contributed by atoms with van der Waals surface area (Å²) in [7, 11) is 1.38. The number of halogens is 1. The number of methoxy groups -OCH3 is 1. The number of rotatable bonds is 3. The number of amides is 1. The molecule has 1 aliphatic rings. The van der Waals surface area contributed by atoms with Gasteiger partial charge in [-0.25, -0.2) is 4.39 Å². The third-order valence-corrected chi connectivity index (χ3v) is 3.65. The van der Waals surface area contributed by atoms with Gasteiger partial charge in [0.2, 0.25) is 0 Å². The lowest BCUT2D eigenvalue weighted by Gasteiger charge is -2.21. The van der Waals surface area contributed by atoms with Gasteiger partial charge in [-0.15, -0.1) is 0 Å². The Bertz CT molecular complexity index is 479. The van der Waals surface area contributed by atoms with Crippen LogP contribution in [0.5, 0.6) is 5.75 Å². The summed E-state index contributed by atoms with van der Waals surface area (Å²) in [5.74, 6) is -0.121. The molecule has 1 amide bonds. The van der Waals surface area contributed by atoms with E-state index in [1.807, 2.05) is 6.92 Å². The fourth-order valence-corrected chi connectivity index (χ4v) is 2.55. The van der Waals surface area contributed by atoms with Crippen LogP contribution < -0.4 is 10.5 Å². The van der Waals surface area contributed by atoms with E-state index in [0.29, 0.717) is 24.6 Å². The Kier molecular flexibility index (Phi) is 4.04. The molecule has 0 aromatic heterocycles. The number of benzene rings is 1. The summed E-state index contributed by atoms with van der Waals surface area (Å²) < 4.78 is 18.2. The van der Waals surface area contributed by atoms with Crippen molar-refractivity contribution < 1.29 is 13.9 Å². The molecule has 1 heterocycles. The first kappa shape index (κ1) is 13.8. The number of nitrogens with zero attached hydrogens (tertiary/aromatic N) is 1. The Hall–Kier alpha value is -1.62. The molecule has 2 N–H and O–H groups in total. The molecule has 0 bridgehead atoms. The summed E-state index contributed by atoms with van der Waals surface area (Å²) in [6.07, 6.45) is 0.917. The van der Waals surface area contributed by atoms with Crippen LogP contribution >= 0.6 is 0 Å². The minimum atomic E-state index is -0.464. The third-order valence-electron chi connectivity index (χ3n) is 3.65. The topological polar surface area (TPSA) is 55.6 Å². The molecule has 104 valence electrons. The number of carbonyl (C=O) groups excluding carboxylic acids is 1. The Balaban J connectivity index is 2.20. The van der Waals surface area contributed by atoms with Gasteiger partial charge < -0.3 is 15.4 Å². The minimum absolute atomic E-state index is 0.0908. The molecule has 1 fully saturated rings. The standard InChI is InChI=1S/C14H19FN2O2/c1-9-5-10(7-16)8-17(9)14(18)11-3-4-12(15)13(6-11)19-2/h3-4,6,9-10H,5,7-8,16H2,1-2H3. The van der Waals surface area contributed by atoms with Crippen LogP contribution in [0.2, 0.25) is 0 Å². The lowest BCUT2D eigenvalue weighted by molar-refractivity contribution is 0.0743. The first-order valence-electron chi connectivity index (χ1n) is 6.41. The van der Waals surface area contributed by atoms with E-state index in [-0.39, 0.29) is 17.7 Å². The van der Waals surface area contributed by atoms with Crippen LogP contribution in [0.4, 0.5) is 4.39 Å². The first-order chi connectivity index (χ1) is 9.06. The molecule has 1 aromatic rings. The van der Waals surface area contributed by atoms with Gasteiger partial charge in [0.05, 0.1) is 7.11 Å². The van der Waals surface area contributed by atoms with Gasteiger partial charge in [0, 0.05) is 18.2 Å². The number of nitrogens with two attached hydrogens (primary N) is 1. The molecule has 1 saturated heterocycles. The van der Waals surface area contributed by atoms with Gasteiger partial charge in [-0.3, -0.25) is 4.79 Å². The molecule has 0 aliphatic carbocycles. The summed E-state index contributed by atoms with van der Waals surface area (Å²) in [4.78, 5) is 14.2. The molecule has 1 aromatic carbocycles. The Morgan fingerprint density at radius 2 is 2.32 bits per heavy atom. The molecule has 0 saturated carbocycles. The maximum atomic E-state index is 13.3. The highest BCUT2D eigenvalue weighted by Gasteiger charge is 2.32. The van der Waals surface area contributed by atoms with Crippen molar-refractivity contribution in [2.45, 2.75) is 19.4 Å². The second-order valence-electron chi connectivity index (χ2n) is 4.99. The normalized spacial score (nSPS) is 22.6. The van der Waals surface area contributed by atoms with E-state index in [4.69, 9.17) is 10.5 Å². The van der Waals surface area contributed by atoms with Gasteiger partial charge in [-0.2, -0.15) is 0 Å². The summed E-state index contributed by atoms with van der Waals surface area (Å²) in [6, 6.07) is 4.35. The first-order valence-corrected chi connectivity index (χ1v) is 6.41. The molecule has 19 heavy (non-hydrogen) atoms. The molecule has 4 nitrogen and oxygen atoms in total. The second-order valence-corrected chi connectivity index (χ2v) is 4.99. The highest BCUT2D eigenvalue weighted by molar-refractivity contribution is 5.95. The Morgan fingerprint density at radius 1 is 1.58 bits per heavy atom. The molecule has 2 rings (SSSR count). The average Bonchev–Trinajstić information content (AvgIpc) is 2.80. The van der Waals surface area contributed by atoms with Crippen molar-refractivity contribution >= 4 is 5.91 Å². The number of hydrogen-bond donors (Lipinski definition) is 1. The van der Waals surface area contributed by atoms with Gasteiger partial charge in [0.15, 0.2) is 11.6 Å². The lowest BCUT2D eigenvalue weighted by Crippen LogP contribution is -2.34. The van der Waals surface area contributed by atoms with Crippen molar-refractivity contribution in [3.05, 3.63) is 29.6 Å². The van der Waals surface area contributed by atoms with Crippen LogP contribution in [-0.2, 0) is 0 Å². The van der Waals surface area contributed by atoms with E-state index < -0.39 is 5.82 Å². The van der Waals surface area contributed by atoms with E-state index in [2.05, 4.69) is 0 Å². The SMILES string of the molecule is COc1cc(C(=O)N2CC(CN)CC2C)ccc1F. The monoisotopic (exact) mass is 266 g/mol. The van der Waals surface area contributed by atoms with Gasteiger partial charge >= 0.3 is 0 Å². The maximum absolute atomic E-state index is 13.3. The van der Waals surface area contributed by atoms with Crippen molar-refractivity contribution in [3.8, 4) is 5.75 Å². The van der Waals surface area contributed by atoms with Crippen LogP contribution in [-0.4, -0.2) is 37.0 Å². The van der Waals surface area contributed by atoms with Crippen LogP contribution in [0.15, 0.2) is 18.2 Å². The van der Waals surface area contributed by atoms with Crippen molar-refractivity contribution in [1.82, 2.24) is 4.90 Å². The van der Waals surface area contributed by atoms with Crippen molar-refractivity contribution in [2.75, 3.05) is 20.2 Å². The van der Waals surface area contributed by atoms with Crippen molar-refractivity contribution in [1.29, 1.82) is 0 Å². The van der Waals surface area contributed by atoms with E-state index >= 15 is 0 Å². The zero-order valence-corrected chi connectivity index (χ0v) is 11.2. The van der Waals surface area contributed by atoms with Gasteiger partial charge in [-0.05, 0) is 44.0 Å². The van der Waals surface area contributed by atoms with E-state index in [0.717, 1.165) is 6.42 Å². The van der Waals surface area contributed by atoms with Gasteiger partial charge in [-0.1, -0.05) is 0 Å². The molecule has 2 atom stereocenters. The fraction of sp³-hybridized carbons (Fsp3) is 0.500. The summed E-state index contributed by atoms with van der Waals surface area (Å²) in [6.45, 7) is 3.26. The van der Waals surface area contributed by atoms with Crippen LogP contribution in [0, 0.1) is 11.7 Å². The van der Waals surface area contributed by atoms with Crippen LogP contribution in [0.3, 0.4) is 0 Å². The fourth-order valence-electron chi connectivity index (χ4n) is 2.55. The molecular weight excluding hydrogens is 247 g/mol. The summed E-state index contributed by atoms with van der Waals surface area (Å²) in [5, 5.41) is 0.